The summed E-state index contributed by atoms with van der Waals surface area (Å²) in [5, 5.41) is 9.84. The zero-order chi connectivity index (χ0) is 12.0. The summed E-state index contributed by atoms with van der Waals surface area (Å²) < 4.78 is 1.63. The van der Waals surface area contributed by atoms with Gasteiger partial charge in [-0.15, -0.1) is 0 Å². The van der Waals surface area contributed by atoms with E-state index in [4.69, 9.17) is 0 Å². The average Bonchev–Trinajstić information content (AvgIpc) is 2.86. The van der Waals surface area contributed by atoms with Crippen molar-refractivity contribution in [3.8, 4) is 0 Å². The highest BCUT2D eigenvalue weighted by molar-refractivity contribution is 5.19. The summed E-state index contributed by atoms with van der Waals surface area (Å²) in [5.41, 5.74) is 0.492. The quantitative estimate of drug-likeness (QED) is 0.825. The minimum atomic E-state index is -0.625. The molecule has 0 atom stereocenters. The van der Waals surface area contributed by atoms with Crippen LogP contribution in [-0.4, -0.2) is 15.3 Å². The molecule has 16 heavy (non-hydrogen) atoms. The molecule has 3 heteroatoms. The van der Waals surface area contributed by atoms with Crippen LogP contribution in [0.2, 0.25) is 0 Å². The molecule has 0 spiro atoms. The number of aliphatic hydroxyl groups is 1. The second-order valence-corrected chi connectivity index (χ2v) is 5.86. The topological polar surface area (TPSA) is 42.2 Å². The lowest BCUT2D eigenvalue weighted by atomic mass is 9.88. The molecule has 0 aromatic carbocycles. The van der Waals surface area contributed by atoms with Crippen LogP contribution in [0.1, 0.15) is 39.2 Å². The van der Waals surface area contributed by atoms with E-state index in [-0.39, 0.29) is 11.0 Å². The van der Waals surface area contributed by atoms with Crippen molar-refractivity contribution in [3.63, 3.8) is 0 Å². The van der Waals surface area contributed by atoms with Crippen LogP contribution >= 0.6 is 0 Å². The maximum atomic E-state index is 11.7. The van der Waals surface area contributed by atoms with Crippen LogP contribution in [0.3, 0.4) is 0 Å². The third-order valence-electron chi connectivity index (χ3n) is 3.14. The maximum absolute atomic E-state index is 11.7. The van der Waals surface area contributed by atoms with Gasteiger partial charge in [0.2, 0.25) is 0 Å². The van der Waals surface area contributed by atoms with Gasteiger partial charge in [-0.2, -0.15) is 0 Å². The van der Waals surface area contributed by atoms with E-state index in [9.17, 15) is 9.90 Å². The molecular formula is C13H19NO2. The fraction of sp³-hybridized carbons (Fsp3) is 0.615. The van der Waals surface area contributed by atoms with Crippen LogP contribution < -0.4 is 5.56 Å². The monoisotopic (exact) mass is 221 g/mol. The molecule has 1 aliphatic rings. The SMILES string of the molecule is CC(C)(C)c1ccc(=O)n(CC2(O)CC2)c1. The zero-order valence-electron chi connectivity index (χ0n) is 10.2. The van der Waals surface area contributed by atoms with Crippen molar-refractivity contribution in [1.82, 2.24) is 4.57 Å². The van der Waals surface area contributed by atoms with Gasteiger partial charge in [-0.05, 0) is 23.8 Å². The normalized spacial score (nSPS) is 18.5. The average molecular weight is 221 g/mol. The highest BCUT2D eigenvalue weighted by Gasteiger charge is 2.40. The molecule has 0 radical (unpaired) electrons. The first-order valence-corrected chi connectivity index (χ1v) is 5.74. The largest absolute Gasteiger partial charge is 0.388 e. The number of nitrogens with zero attached hydrogens (tertiary/aromatic N) is 1. The van der Waals surface area contributed by atoms with E-state index < -0.39 is 5.60 Å². The zero-order valence-corrected chi connectivity index (χ0v) is 10.2. The van der Waals surface area contributed by atoms with Crippen LogP contribution in [0, 0.1) is 0 Å². The standard InChI is InChI=1S/C13H19NO2/c1-12(2,3)10-4-5-11(15)14(8-10)9-13(16)6-7-13/h4-5,8,16H,6-7,9H2,1-3H3. The van der Waals surface area contributed by atoms with Gasteiger partial charge in [-0.3, -0.25) is 4.79 Å². The van der Waals surface area contributed by atoms with Gasteiger partial charge in [0.15, 0.2) is 0 Å². The van der Waals surface area contributed by atoms with Crippen LogP contribution in [0.25, 0.3) is 0 Å². The summed E-state index contributed by atoms with van der Waals surface area (Å²) >= 11 is 0. The van der Waals surface area contributed by atoms with E-state index in [0.29, 0.717) is 6.54 Å². The Bertz CT molecular complexity index is 450. The first kappa shape index (κ1) is 11.4. The summed E-state index contributed by atoms with van der Waals surface area (Å²) in [7, 11) is 0. The minimum absolute atomic E-state index is 0.0294. The van der Waals surface area contributed by atoms with Crippen LogP contribution in [-0.2, 0) is 12.0 Å². The van der Waals surface area contributed by atoms with Crippen molar-refractivity contribution >= 4 is 0 Å². The maximum Gasteiger partial charge on any atom is 0.250 e. The number of aromatic nitrogens is 1. The van der Waals surface area contributed by atoms with Gasteiger partial charge in [0, 0.05) is 12.3 Å². The summed E-state index contributed by atoms with van der Waals surface area (Å²) in [6.45, 7) is 6.77. The van der Waals surface area contributed by atoms with E-state index in [1.54, 1.807) is 10.6 Å². The van der Waals surface area contributed by atoms with Crippen molar-refractivity contribution in [3.05, 3.63) is 34.2 Å². The number of pyridine rings is 1. The highest BCUT2D eigenvalue weighted by atomic mass is 16.3. The Morgan fingerprint density at radius 3 is 2.50 bits per heavy atom. The fourth-order valence-corrected chi connectivity index (χ4v) is 1.72. The Hall–Kier alpha value is -1.09. The Kier molecular flexibility index (Phi) is 2.46. The molecule has 0 aliphatic heterocycles. The van der Waals surface area contributed by atoms with Crippen molar-refractivity contribution < 1.29 is 5.11 Å². The van der Waals surface area contributed by atoms with E-state index in [0.717, 1.165) is 18.4 Å². The van der Waals surface area contributed by atoms with Crippen LogP contribution in [0.4, 0.5) is 0 Å². The lowest BCUT2D eigenvalue weighted by molar-refractivity contribution is 0.128. The van der Waals surface area contributed by atoms with Crippen LogP contribution in [0.15, 0.2) is 23.1 Å². The molecule has 2 rings (SSSR count). The van der Waals surface area contributed by atoms with Gasteiger partial charge in [-0.1, -0.05) is 26.8 Å². The van der Waals surface area contributed by atoms with Gasteiger partial charge in [-0.25, -0.2) is 0 Å². The predicted octanol–water partition coefficient (Wildman–Crippen LogP) is 1.67. The Balaban J connectivity index is 2.33. The lowest BCUT2D eigenvalue weighted by Crippen LogP contribution is -2.28. The van der Waals surface area contributed by atoms with E-state index in [1.165, 1.54) is 0 Å². The summed E-state index contributed by atoms with van der Waals surface area (Å²) in [6, 6.07) is 3.46. The summed E-state index contributed by atoms with van der Waals surface area (Å²) in [6.07, 6.45) is 3.48. The van der Waals surface area contributed by atoms with Crippen molar-refractivity contribution in [2.45, 2.75) is 51.2 Å². The van der Waals surface area contributed by atoms with Crippen molar-refractivity contribution in [2.24, 2.45) is 0 Å². The van der Waals surface area contributed by atoms with Gasteiger partial charge >= 0.3 is 0 Å². The third kappa shape index (κ3) is 2.35. The molecule has 1 aromatic rings. The molecule has 88 valence electrons. The van der Waals surface area contributed by atoms with E-state index in [1.807, 2.05) is 12.3 Å². The molecule has 1 saturated carbocycles. The number of hydrogen-bond acceptors (Lipinski definition) is 2. The third-order valence-corrected chi connectivity index (χ3v) is 3.14. The molecular weight excluding hydrogens is 202 g/mol. The predicted molar refractivity (Wildman–Crippen MR) is 63.6 cm³/mol. The molecule has 1 heterocycles. The first-order chi connectivity index (χ1) is 7.30. The molecule has 1 fully saturated rings. The molecule has 1 aromatic heterocycles. The minimum Gasteiger partial charge on any atom is -0.388 e. The number of hydrogen-bond donors (Lipinski definition) is 1. The Morgan fingerprint density at radius 1 is 1.38 bits per heavy atom. The lowest BCUT2D eigenvalue weighted by Gasteiger charge is -2.20. The van der Waals surface area contributed by atoms with Crippen molar-refractivity contribution in [1.29, 1.82) is 0 Å². The highest BCUT2D eigenvalue weighted by Crippen LogP contribution is 2.36. The summed E-state index contributed by atoms with van der Waals surface area (Å²) in [4.78, 5) is 11.7. The van der Waals surface area contributed by atoms with Crippen molar-refractivity contribution in [2.75, 3.05) is 0 Å². The van der Waals surface area contributed by atoms with Gasteiger partial charge in [0.1, 0.15) is 0 Å². The Labute approximate surface area is 95.7 Å². The van der Waals surface area contributed by atoms with E-state index in [2.05, 4.69) is 20.8 Å². The second-order valence-electron chi connectivity index (χ2n) is 5.86. The molecule has 0 unspecified atom stereocenters. The molecule has 0 saturated heterocycles. The Morgan fingerprint density at radius 2 is 2.00 bits per heavy atom. The van der Waals surface area contributed by atoms with Crippen LogP contribution in [0.5, 0.6) is 0 Å². The second kappa shape index (κ2) is 3.45. The fourth-order valence-electron chi connectivity index (χ4n) is 1.72. The molecule has 0 amide bonds. The molecule has 1 N–H and O–H groups in total. The molecule has 0 bridgehead atoms. The first-order valence-electron chi connectivity index (χ1n) is 5.74. The molecule has 1 aliphatic carbocycles. The molecule has 3 nitrogen and oxygen atoms in total. The summed E-state index contributed by atoms with van der Waals surface area (Å²) in [5.74, 6) is 0. The smallest absolute Gasteiger partial charge is 0.250 e. The van der Waals surface area contributed by atoms with E-state index >= 15 is 0 Å². The van der Waals surface area contributed by atoms with Gasteiger partial charge in [0.05, 0.1) is 12.1 Å². The van der Waals surface area contributed by atoms with Gasteiger partial charge < -0.3 is 9.67 Å². The number of rotatable bonds is 2. The van der Waals surface area contributed by atoms with Gasteiger partial charge in [0.25, 0.3) is 5.56 Å².